The van der Waals surface area contributed by atoms with Gasteiger partial charge in [-0.05, 0) is 25.7 Å². The van der Waals surface area contributed by atoms with Gasteiger partial charge in [0.1, 0.15) is 0 Å². The number of β-amino-alcohol motifs (C(OH)–C–C–N with tert-alkyl or cyclic N) is 1. The molecule has 0 radical (unpaired) electrons. The molecule has 3 N–H and O–H groups in total. The first-order chi connectivity index (χ1) is 5.62. The molecule has 0 spiro atoms. The minimum absolute atomic E-state index is 0.0762. The predicted molar refractivity (Wildman–Crippen MR) is 45.7 cm³/mol. The maximum atomic E-state index is 9.39. The van der Waals surface area contributed by atoms with Crippen LogP contribution in [-0.2, 0) is 0 Å². The van der Waals surface area contributed by atoms with Crippen molar-refractivity contribution in [2.24, 2.45) is 5.73 Å². The first-order valence-electron chi connectivity index (χ1n) is 4.84. The van der Waals surface area contributed by atoms with Crippen molar-refractivity contribution in [3.8, 4) is 0 Å². The Balaban J connectivity index is 1.69. The lowest BCUT2D eigenvalue weighted by atomic mass is 9.44. The van der Waals surface area contributed by atoms with Gasteiger partial charge in [-0.3, -0.25) is 4.90 Å². The van der Waals surface area contributed by atoms with Gasteiger partial charge in [-0.25, -0.2) is 0 Å². The molecule has 1 unspecified atom stereocenters. The molecule has 0 aromatic carbocycles. The zero-order chi connectivity index (χ0) is 8.40. The van der Waals surface area contributed by atoms with Crippen molar-refractivity contribution in [2.45, 2.75) is 42.9 Å². The second kappa shape index (κ2) is 1.86. The molecule has 68 valence electrons. The highest BCUT2D eigenvalue weighted by Crippen LogP contribution is 2.62. The van der Waals surface area contributed by atoms with E-state index in [1.807, 2.05) is 0 Å². The maximum absolute atomic E-state index is 9.39. The standard InChI is InChI=1S/C9H16N2O/c10-8-4-9(5-8,6-8)11-2-1-7(12)3-11/h7,12H,1-6,10H2. The summed E-state index contributed by atoms with van der Waals surface area (Å²) in [5, 5.41) is 9.39. The lowest BCUT2D eigenvalue weighted by Gasteiger charge is -2.72. The summed E-state index contributed by atoms with van der Waals surface area (Å²) >= 11 is 0. The number of rotatable bonds is 1. The zero-order valence-electron chi connectivity index (χ0n) is 7.29. The van der Waals surface area contributed by atoms with E-state index in [1.165, 1.54) is 19.3 Å². The van der Waals surface area contributed by atoms with E-state index in [2.05, 4.69) is 4.90 Å². The monoisotopic (exact) mass is 168 g/mol. The highest BCUT2D eigenvalue weighted by Gasteiger charge is 2.68. The minimum atomic E-state index is -0.0762. The summed E-state index contributed by atoms with van der Waals surface area (Å²) in [4.78, 5) is 2.45. The Hall–Kier alpha value is -0.120. The third kappa shape index (κ3) is 0.721. The minimum Gasteiger partial charge on any atom is -0.392 e. The van der Waals surface area contributed by atoms with E-state index in [-0.39, 0.29) is 11.6 Å². The van der Waals surface area contributed by atoms with Gasteiger partial charge in [0.15, 0.2) is 0 Å². The topological polar surface area (TPSA) is 49.5 Å². The molecule has 3 saturated carbocycles. The highest BCUT2D eigenvalue weighted by molar-refractivity contribution is 5.28. The molecule has 1 heterocycles. The molecular formula is C9H16N2O. The summed E-state index contributed by atoms with van der Waals surface area (Å²) in [6.07, 6.45) is 4.40. The Labute approximate surface area is 72.5 Å². The Morgan fingerprint density at radius 2 is 2.00 bits per heavy atom. The first-order valence-corrected chi connectivity index (χ1v) is 4.84. The molecule has 4 fully saturated rings. The van der Waals surface area contributed by atoms with Crippen molar-refractivity contribution in [2.75, 3.05) is 13.1 Å². The molecule has 1 aliphatic heterocycles. The van der Waals surface area contributed by atoms with Crippen molar-refractivity contribution in [1.29, 1.82) is 0 Å². The summed E-state index contributed by atoms with van der Waals surface area (Å²) < 4.78 is 0. The van der Waals surface area contributed by atoms with Crippen LogP contribution in [0.1, 0.15) is 25.7 Å². The van der Waals surface area contributed by atoms with Gasteiger partial charge < -0.3 is 10.8 Å². The van der Waals surface area contributed by atoms with Crippen LogP contribution in [-0.4, -0.2) is 40.3 Å². The second-order valence-corrected chi connectivity index (χ2v) is 5.01. The lowest BCUT2D eigenvalue weighted by molar-refractivity contribution is -0.156. The van der Waals surface area contributed by atoms with Crippen molar-refractivity contribution in [3.63, 3.8) is 0 Å². The molecule has 3 aliphatic carbocycles. The van der Waals surface area contributed by atoms with E-state index >= 15 is 0 Å². The van der Waals surface area contributed by atoms with Crippen LogP contribution in [0.3, 0.4) is 0 Å². The molecule has 12 heavy (non-hydrogen) atoms. The molecule has 0 aromatic rings. The van der Waals surface area contributed by atoms with Crippen molar-refractivity contribution in [3.05, 3.63) is 0 Å². The molecule has 3 nitrogen and oxygen atoms in total. The zero-order valence-corrected chi connectivity index (χ0v) is 7.29. The summed E-state index contributed by atoms with van der Waals surface area (Å²) in [6.45, 7) is 1.97. The normalized spacial score (nSPS) is 58.0. The van der Waals surface area contributed by atoms with Crippen LogP contribution in [0, 0.1) is 0 Å². The van der Waals surface area contributed by atoms with Gasteiger partial charge in [-0.2, -0.15) is 0 Å². The number of aliphatic hydroxyl groups excluding tert-OH is 1. The number of aliphatic hydroxyl groups is 1. The molecule has 4 aliphatic rings. The molecular weight excluding hydrogens is 152 g/mol. The smallest absolute Gasteiger partial charge is 0.0679 e. The summed E-state index contributed by atoms with van der Waals surface area (Å²) in [6, 6.07) is 0. The average Bonchev–Trinajstić information content (AvgIpc) is 2.26. The molecule has 4 rings (SSSR count). The SMILES string of the molecule is NC12CC(N3CCC(O)C3)(C1)C2. The van der Waals surface area contributed by atoms with E-state index in [4.69, 9.17) is 5.73 Å². The fourth-order valence-corrected chi connectivity index (χ4v) is 3.32. The van der Waals surface area contributed by atoms with Gasteiger partial charge in [0.05, 0.1) is 6.10 Å². The van der Waals surface area contributed by atoms with Crippen LogP contribution in [0.25, 0.3) is 0 Å². The molecule has 3 heteroatoms. The Morgan fingerprint density at radius 3 is 2.42 bits per heavy atom. The van der Waals surface area contributed by atoms with Gasteiger partial charge >= 0.3 is 0 Å². The number of hydrogen-bond donors (Lipinski definition) is 2. The average molecular weight is 168 g/mol. The van der Waals surface area contributed by atoms with E-state index < -0.39 is 0 Å². The maximum Gasteiger partial charge on any atom is 0.0679 e. The molecule has 1 atom stereocenters. The van der Waals surface area contributed by atoms with Crippen molar-refractivity contribution >= 4 is 0 Å². The van der Waals surface area contributed by atoms with Crippen molar-refractivity contribution < 1.29 is 5.11 Å². The van der Waals surface area contributed by atoms with Gasteiger partial charge in [-0.15, -0.1) is 0 Å². The summed E-state index contributed by atoms with van der Waals surface area (Å²) in [5.41, 5.74) is 6.62. The molecule has 2 bridgehead atoms. The van der Waals surface area contributed by atoms with Crippen LogP contribution in [0.2, 0.25) is 0 Å². The third-order valence-electron chi connectivity index (χ3n) is 3.88. The van der Waals surface area contributed by atoms with Gasteiger partial charge in [0, 0.05) is 24.2 Å². The van der Waals surface area contributed by atoms with Gasteiger partial charge in [0.25, 0.3) is 0 Å². The Bertz CT molecular complexity index is 209. The van der Waals surface area contributed by atoms with Crippen molar-refractivity contribution in [1.82, 2.24) is 4.90 Å². The summed E-state index contributed by atoms with van der Waals surface area (Å²) in [7, 11) is 0. The predicted octanol–water partition coefficient (Wildman–Crippen LogP) is -0.313. The summed E-state index contributed by atoms with van der Waals surface area (Å²) in [5.74, 6) is 0. The number of nitrogens with zero attached hydrogens (tertiary/aromatic N) is 1. The highest BCUT2D eigenvalue weighted by atomic mass is 16.3. The first kappa shape index (κ1) is 7.30. The fourth-order valence-electron chi connectivity index (χ4n) is 3.32. The van der Waals surface area contributed by atoms with E-state index in [9.17, 15) is 5.11 Å². The Kier molecular flexibility index (Phi) is 1.13. The number of hydrogen-bond acceptors (Lipinski definition) is 3. The molecule has 0 aromatic heterocycles. The quantitative estimate of drug-likeness (QED) is 0.564. The van der Waals surface area contributed by atoms with Crippen LogP contribution in [0.5, 0.6) is 0 Å². The van der Waals surface area contributed by atoms with E-state index in [1.54, 1.807) is 0 Å². The largest absolute Gasteiger partial charge is 0.392 e. The van der Waals surface area contributed by atoms with Crippen LogP contribution in [0.4, 0.5) is 0 Å². The van der Waals surface area contributed by atoms with Gasteiger partial charge in [0.2, 0.25) is 0 Å². The van der Waals surface area contributed by atoms with Crippen LogP contribution < -0.4 is 5.73 Å². The lowest BCUT2D eigenvalue weighted by Crippen LogP contribution is -2.81. The van der Waals surface area contributed by atoms with Crippen LogP contribution in [0.15, 0.2) is 0 Å². The van der Waals surface area contributed by atoms with Gasteiger partial charge in [-0.1, -0.05) is 0 Å². The third-order valence-corrected chi connectivity index (χ3v) is 3.88. The number of nitrogens with two attached hydrogens (primary N) is 1. The Morgan fingerprint density at radius 1 is 1.33 bits per heavy atom. The van der Waals surface area contributed by atoms with Crippen LogP contribution >= 0.6 is 0 Å². The second-order valence-electron chi connectivity index (χ2n) is 5.01. The fraction of sp³-hybridized carbons (Fsp3) is 1.00. The van der Waals surface area contributed by atoms with E-state index in [0.717, 1.165) is 19.5 Å². The molecule has 1 saturated heterocycles. The van der Waals surface area contributed by atoms with E-state index in [0.29, 0.717) is 5.54 Å². The number of likely N-dealkylation sites (tertiary alicyclic amines) is 1. The molecule has 0 amide bonds.